The molecule has 0 fully saturated rings. The second-order valence-electron chi connectivity index (χ2n) is 5.12. The topological polar surface area (TPSA) is 76.3 Å². The standard InChI is InChI=1S/C17H16N4O/c1-11-9-12(3-5-15(11)22-2)17-14(7-8-18)21-10-13(19)4-6-16(21)20-17/h3-6,9-10H,7,19H2,1-2H3. The summed E-state index contributed by atoms with van der Waals surface area (Å²) in [6.07, 6.45) is 2.07. The molecule has 2 heterocycles. The number of benzene rings is 1. The van der Waals surface area contributed by atoms with Crippen molar-refractivity contribution < 1.29 is 4.74 Å². The molecule has 2 aromatic heterocycles. The largest absolute Gasteiger partial charge is 0.496 e. The predicted octanol–water partition coefficient (Wildman–Crippen LogP) is 2.97. The first kappa shape index (κ1) is 14.0. The van der Waals surface area contributed by atoms with E-state index < -0.39 is 0 Å². The summed E-state index contributed by atoms with van der Waals surface area (Å²) in [4.78, 5) is 4.65. The molecule has 3 rings (SSSR count). The van der Waals surface area contributed by atoms with Crippen LogP contribution in [0.1, 0.15) is 11.3 Å². The second kappa shape index (κ2) is 5.41. The molecular weight excluding hydrogens is 276 g/mol. The van der Waals surface area contributed by atoms with E-state index >= 15 is 0 Å². The Hall–Kier alpha value is -3.00. The lowest BCUT2D eigenvalue weighted by Crippen LogP contribution is -1.96. The number of methoxy groups -OCH3 is 1. The maximum absolute atomic E-state index is 9.13. The second-order valence-corrected chi connectivity index (χ2v) is 5.12. The number of hydrogen-bond donors (Lipinski definition) is 1. The highest BCUT2D eigenvalue weighted by Crippen LogP contribution is 2.29. The highest BCUT2D eigenvalue weighted by Gasteiger charge is 2.15. The Morgan fingerprint density at radius 2 is 2.14 bits per heavy atom. The first-order valence-electron chi connectivity index (χ1n) is 6.92. The van der Waals surface area contributed by atoms with Gasteiger partial charge in [0.2, 0.25) is 0 Å². The minimum absolute atomic E-state index is 0.269. The normalized spacial score (nSPS) is 10.6. The first-order valence-corrected chi connectivity index (χ1v) is 6.92. The van der Waals surface area contributed by atoms with Crippen LogP contribution < -0.4 is 10.5 Å². The molecule has 0 saturated heterocycles. The minimum Gasteiger partial charge on any atom is -0.496 e. The number of pyridine rings is 1. The number of rotatable bonds is 3. The monoisotopic (exact) mass is 292 g/mol. The molecule has 0 aliphatic heterocycles. The van der Waals surface area contributed by atoms with Crippen molar-refractivity contribution in [3.05, 3.63) is 47.8 Å². The molecule has 5 nitrogen and oxygen atoms in total. The summed E-state index contributed by atoms with van der Waals surface area (Å²) in [5.74, 6) is 0.832. The van der Waals surface area contributed by atoms with Crippen LogP contribution in [0.4, 0.5) is 5.69 Å². The van der Waals surface area contributed by atoms with E-state index in [1.54, 1.807) is 13.3 Å². The van der Waals surface area contributed by atoms with E-state index in [0.717, 1.165) is 33.9 Å². The van der Waals surface area contributed by atoms with Crippen molar-refractivity contribution in [2.24, 2.45) is 0 Å². The fraction of sp³-hybridized carbons (Fsp3) is 0.176. The summed E-state index contributed by atoms with van der Waals surface area (Å²) in [6, 6.07) is 11.8. The van der Waals surface area contributed by atoms with Gasteiger partial charge in [-0.25, -0.2) is 4.98 Å². The van der Waals surface area contributed by atoms with Gasteiger partial charge in [0.25, 0.3) is 0 Å². The molecule has 3 aromatic rings. The molecule has 0 unspecified atom stereocenters. The van der Waals surface area contributed by atoms with E-state index in [1.165, 1.54) is 0 Å². The molecule has 2 N–H and O–H groups in total. The Bertz CT molecular complexity index is 890. The smallest absolute Gasteiger partial charge is 0.137 e. The van der Waals surface area contributed by atoms with Gasteiger partial charge in [0.15, 0.2) is 0 Å². The molecule has 0 amide bonds. The van der Waals surface area contributed by atoms with Crippen LogP contribution in [0.15, 0.2) is 36.5 Å². The zero-order valence-electron chi connectivity index (χ0n) is 12.5. The summed E-state index contributed by atoms with van der Waals surface area (Å²) in [7, 11) is 1.65. The predicted molar refractivity (Wildman–Crippen MR) is 85.6 cm³/mol. The van der Waals surface area contributed by atoms with Crippen LogP contribution in [0.5, 0.6) is 5.75 Å². The highest BCUT2D eigenvalue weighted by atomic mass is 16.5. The van der Waals surface area contributed by atoms with E-state index in [1.807, 2.05) is 41.7 Å². The summed E-state index contributed by atoms with van der Waals surface area (Å²) in [5.41, 5.74) is 10.9. The fourth-order valence-electron chi connectivity index (χ4n) is 2.61. The van der Waals surface area contributed by atoms with Gasteiger partial charge in [0.05, 0.1) is 31.0 Å². The summed E-state index contributed by atoms with van der Waals surface area (Å²) in [5, 5.41) is 9.13. The number of aromatic nitrogens is 2. The van der Waals surface area contributed by atoms with Gasteiger partial charge in [0, 0.05) is 17.4 Å². The van der Waals surface area contributed by atoms with Gasteiger partial charge in [-0.2, -0.15) is 5.26 Å². The molecule has 1 aromatic carbocycles. The van der Waals surface area contributed by atoms with Crippen LogP contribution in [0, 0.1) is 18.3 Å². The number of hydrogen-bond acceptors (Lipinski definition) is 4. The van der Waals surface area contributed by atoms with Gasteiger partial charge in [-0.1, -0.05) is 0 Å². The summed E-state index contributed by atoms with van der Waals surface area (Å²) < 4.78 is 7.18. The molecule has 0 radical (unpaired) electrons. The third kappa shape index (κ3) is 2.25. The van der Waals surface area contributed by atoms with Crippen LogP contribution >= 0.6 is 0 Å². The Morgan fingerprint density at radius 3 is 2.82 bits per heavy atom. The van der Waals surface area contributed by atoms with Gasteiger partial charge in [-0.3, -0.25) is 0 Å². The first-order chi connectivity index (χ1) is 10.6. The van der Waals surface area contributed by atoms with E-state index in [2.05, 4.69) is 11.1 Å². The van der Waals surface area contributed by atoms with Crippen molar-refractivity contribution >= 4 is 11.3 Å². The van der Waals surface area contributed by atoms with Crippen LogP contribution in [0.3, 0.4) is 0 Å². The van der Waals surface area contributed by atoms with E-state index in [0.29, 0.717) is 5.69 Å². The zero-order valence-corrected chi connectivity index (χ0v) is 12.5. The number of imidazole rings is 1. The number of nitrogens with zero attached hydrogens (tertiary/aromatic N) is 3. The lowest BCUT2D eigenvalue weighted by atomic mass is 10.1. The highest BCUT2D eigenvalue weighted by molar-refractivity contribution is 5.69. The summed E-state index contributed by atoms with van der Waals surface area (Å²) in [6.45, 7) is 1.99. The zero-order chi connectivity index (χ0) is 15.7. The molecule has 0 atom stereocenters. The van der Waals surface area contributed by atoms with Crippen LogP contribution in [0.25, 0.3) is 16.9 Å². The fourth-order valence-corrected chi connectivity index (χ4v) is 2.61. The van der Waals surface area contributed by atoms with Gasteiger partial charge in [-0.05, 0) is 42.8 Å². The molecule has 0 saturated carbocycles. The van der Waals surface area contributed by atoms with E-state index in [9.17, 15) is 0 Å². The van der Waals surface area contributed by atoms with Gasteiger partial charge < -0.3 is 14.9 Å². The third-order valence-corrected chi connectivity index (χ3v) is 3.66. The summed E-state index contributed by atoms with van der Waals surface area (Å²) >= 11 is 0. The molecule has 0 bridgehead atoms. The lowest BCUT2D eigenvalue weighted by Gasteiger charge is -2.07. The number of ether oxygens (including phenoxy) is 1. The van der Waals surface area contributed by atoms with Crippen molar-refractivity contribution in [3.63, 3.8) is 0 Å². The third-order valence-electron chi connectivity index (χ3n) is 3.66. The van der Waals surface area contributed by atoms with E-state index in [4.69, 9.17) is 15.7 Å². The molecule has 0 spiro atoms. The Labute approximate surface area is 128 Å². The van der Waals surface area contributed by atoms with Crippen molar-refractivity contribution in [3.8, 4) is 23.1 Å². The number of aryl methyl sites for hydroxylation is 1. The minimum atomic E-state index is 0.269. The van der Waals surface area contributed by atoms with Crippen LogP contribution in [-0.4, -0.2) is 16.5 Å². The average molecular weight is 292 g/mol. The van der Waals surface area contributed by atoms with Crippen molar-refractivity contribution in [1.82, 2.24) is 9.38 Å². The average Bonchev–Trinajstić information content (AvgIpc) is 2.86. The Morgan fingerprint density at radius 1 is 1.32 bits per heavy atom. The number of anilines is 1. The molecular formula is C17H16N4O. The van der Waals surface area contributed by atoms with Crippen molar-refractivity contribution in [2.75, 3.05) is 12.8 Å². The maximum Gasteiger partial charge on any atom is 0.137 e. The number of nitrogen functional groups attached to an aromatic ring is 1. The van der Waals surface area contributed by atoms with Gasteiger partial charge >= 0.3 is 0 Å². The number of fused-ring (bicyclic) bond motifs is 1. The van der Waals surface area contributed by atoms with Crippen LogP contribution in [-0.2, 0) is 6.42 Å². The quantitative estimate of drug-likeness (QED) is 0.805. The molecule has 5 heteroatoms. The van der Waals surface area contributed by atoms with Crippen molar-refractivity contribution in [1.29, 1.82) is 5.26 Å². The lowest BCUT2D eigenvalue weighted by molar-refractivity contribution is 0.412. The van der Waals surface area contributed by atoms with Crippen LogP contribution in [0.2, 0.25) is 0 Å². The van der Waals surface area contributed by atoms with Gasteiger partial charge in [-0.15, -0.1) is 0 Å². The van der Waals surface area contributed by atoms with Crippen molar-refractivity contribution in [2.45, 2.75) is 13.3 Å². The molecule has 22 heavy (non-hydrogen) atoms. The van der Waals surface area contributed by atoms with Gasteiger partial charge in [0.1, 0.15) is 11.4 Å². The SMILES string of the molecule is COc1ccc(-c2nc3ccc(N)cn3c2CC#N)cc1C. The molecule has 110 valence electrons. The Balaban J connectivity index is 2.24. The number of nitriles is 1. The molecule has 0 aliphatic rings. The van der Waals surface area contributed by atoms with E-state index in [-0.39, 0.29) is 6.42 Å². The molecule has 0 aliphatic carbocycles. The Kier molecular flexibility index (Phi) is 3.43. The maximum atomic E-state index is 9.13. The number of nitrogens with two attached hydrogens (primary N) is 1.